The number of oxazole rings is 1. The van der Waals surface area contributed by atoms with Gasteiger partial charge in [0, 0.05) is 44.3 Å². The highest BCUT2D eigenvalue weighted by Gasteiger charge is 2.44. The first kappa shape index (κ1) is 31.2. The topological polar surface area (TPSA) is 148 Å². The van der Waals surface area contributed by atoms with E-state index in [-0.39, 0.29) is 37.1 Å². The van der Waals surface area contributed by atoms with Crippen molar-refractivity contribution in [3.8, 4) is 0 Å². The lowest BCUT2D eigenvalue weighted by Crippen LogP contribution is -2.60. The Balaban J connectivity index is 1.17. The van der Waals surface area contributed by atoms with Crippen LogP contribution in [0.15, 0.2) is 45.6 Å². The van der Waals surface area contributed by atoms with Gasteiger partial charge in [0.25, 0.3) is 0 Å². The zero-order valence-corrected chi connectivity index (χ0v) is 26.5. The van der Waals surface area contributed by atoms with Gasteiger partial charge in [-0.2, -0.15) is 0 Å². The molecule has 7 rings (SSSR count). The number of nitrogens with one attached hydrogen (secondary N) is 2. The smallest absolute Gasteiger partial charge is 0.408 e. The summed E-state index contributed by atoms with van der Waals surface area (Å²) >= 11 is 0. The Kier molecular flexibility index (Phi) is 8.65. The first-order valence-electron chi connectivity index (χ1n) is 16.8. The number of benzene rings is 2. The second kappa shape index (κ2) is 13.0. The molecular formula is C34H42FN7O5. The molecule has 250 valence electrons. The van der Waals surface area contributed by atoms with Crippen molar-refractivity contribution < 1.29 is 23.2 Å². The SMILES string of the molecule is NC(=O)N1CCC(N2Cc3cccc(F)c3NC2=O)CC1[C@@H](Cc1ccc2[nH]c(=O)oc2c1)C(=O)N1CCC(N2CCCCC2)CC1. The fourth-order valence-electron chi connectivity index (χ4n) is 8.21. The zero-order valence-electron chi connectivity index (χ0n) is 26.5. The minimum absolute atomic E-state index is 0.0508. The van der Waals surface area contributed by atoms with E-state index in [9.17, 15) is 23.6 Å². The number of likely N-dealkylation sites (tertiary alicyclic amines) is 3. The predicted molar refractivity (Wildman–Crippen MR) is 173 cm³/mol. The lowest BCUT2D eigenvalue weighted by atomic mass is 9.82. The molecule has 5 amide bonds. The number of urea groups is 2. The van der Waals surface area contributed by atoms with Crippen LogP contribution in [-0.4, -0.2) is 93.4 Å². The summed E-state index contributed by atoms with van der Waals surface area (Å²) in [5, 5.41) is 2.71. The van der Waals surface area contributed by atoms with Gasteiger partial charge in [-0.15, -0.1) is 0 Å². The Morgan fingerprint density at radius 1 is 0.979 bits per heavy atom. The lowest BCUT2D eigenvalue weighted by Gasteiger charge is -2.47. The van der Waals surface area contributed by atoms with Crippen LogP contribution in [0.1, 0.15) is 56.1 Å². The van der Waals surface area contributed by atoms with Crippen LogP contribution in [-0.2, 0) is 17.8 Å². The highest BCUT2D eigenvalue weighted by atomic mass is 19.1. The van der Waals surface area contributed by atoms with Gasteiger partial charge in [0.1, 0.15) is 5.82 Å². The number of H-pyrrole nitrogens is 1. The van der Waals surface area contributed by atoms with Crippen LogP contribution in [0.5, 0.6) is 0 Å². The number of carbonyl (C=O) groups excluding carboxylic acids is 3. The van der Waals surface area contributed by atoms with Gasteiger partial charge in [-0.1, -0.05) is 24.6 Å². The molecule has 0 saturated carbocycles. The number of hydrogen-bond donors (Lipinski definition) is 3. The minimum Gasteiger partial charge on any atom is -0.408 e. The average Bonchev–Trinajstić information content (AvgIpc) is 3.46. The van der Waals surface area contributed by atoms with E-state index >= 15 is 0 Å². The first-order valence-corrected chi connectivity index (χ1v) is 16.8. The number of amides is 5. The van der Waals surface area contributed by atoms with Crippen LogP contribution in [0, 0.1) is 11.7 Å². The van der Waals surface area contributed by atoms with Crippen molar-refractivity contribution in [1.82, 2.24) is 24.6 Å². The summed E-state index contributed by atoms with van der Waals surface area (Å²) < 4.78 is 19.8. The summed E-state index contributed by atoms with van der Waals surface area (Å²) in [5.74, 6) is -1.75. The summed E-state index contributed by atoms with van der Waals surface area (Å²) in [6.45, 7) is 3.97. The molecule has 13 heteroatoms. The zero-order chi connectivity index (χ0) is 32.7. The molecule has 4 N–H and O–H groups in total. The molecular weight excluding hydrogens is 605 g/mol. The number of rotatable bonds is 6. The number of aromatic amines is 1. The molecule has 0 bridgehead atoms. The molecule has 0 spiro atoms. The molecule has 4 aliphatic heterocycles. The largest absolute Gasteiger partial charge is 0.417 e. The third-order valence-electron chi connectivity index (χ3n) is 10.7. The molecule has 12 nitrogen and oxygen atoms in total. The van der Waals surface area contributed by atoms with Gasteiger partial charge in [0.05, 0.1) is 17.1 Å². The van der Waals surface area contributed by atoms with E-state index in [0.717, 1.165) is 31.5 Å². The van der Waals surface area contributed by atoms with E-state index in [1.54, 1.807) is 34.1 Å². The first-order chi connectivity index (χ1) is 22.7. The standard InChI is InChI=1S/C34H42FN7O5/c35-26-6-4-5-22-20-42(33(45)38-30(22)26)24-11-16-41(32(36)44)28(19-24)25(17-21-7-8-27-29(18-21)47-34(46)37-27)31(43)40-14-9-23(10-15-40)39-12-2-1-3-13-39/h4-8,18,23-25,28H,1-3,9-17,19-20H2,(H2,36,44)(H,37,46)(H,38,45)/t24?,25-,28?/m1/s1. The van der Waals surface area contributed by atoms with E-state index in [0.29, 0.717) is 48.6 Å². The molecule has 2 unspecified atom stereocenters. The normalized spacial score (nSPS) is 23.4. The molecule has 4 aliphatic rings. The van der Waals surface area contributed by atoms with Crippen molar-refractivity contribution in [3.63, 3.8) is 0 Å². The highest BCUT2D eigenvalue weighted by Crippen LogP contribution is 2.35. The molecule has 0 radical (unpaired) electrons. The van der Waals surface area contributed by atoms with E-state index < -0.39 is 35.6 Å². The number of nitrogens with two attached hydrogens (primary N) is 1. The fourth-order valence-corrected chi connectivity index (χ4v) is 8.21. The Hall–Kier alpha value is -4.39. The second-order valence-electron chi connectivity index (χ2n) is 13.4. The van der Waals surface area contributed by atoms with Crippen molar-refractivity contribution >= 4 is 34.8 Å². The van der Waals surface area contributed by atoms with Gasteiger partial charge in [-0.05, 0) is 87.4 Å². The Bertz CT molecular complexity index is 1710. The number of halogens is 1. The number of hydrogen-bond acceptors (Lipinski definition) is 6. The number of primary amides is 1. The van der Waals surface area contributed by atoms with Crippen molar-refractivity contribution in [2.45, 2.75) is 76.0 Å². The van der Waals surface area contributed by atoms with Gasteiger partial charge in [-0.25, -0.2) is 18.8 Å². The van der Waals surface area contributed by atoms with E-state index in [4.69, 9.17) is 10.2 Å². The van der Waals surface area contributed by atoms with E-state index in [1.165, 1.54) is 25.3 Å². The molecule has 2 aromatic carbocycles. The monoisotopic (exact) mass is 647 g/mol. The molecule has 5 heterocycles. The van der Waals surface area contributed by atoms with Gasteiger partial charge >= 0.3 is 17.8 Å². The van der Waals surface area contributed by atoms with Crippen molar-refractivity contribution in [1.29, 1.82) is 0 Å². The molecule has 3 fully saturated rings. The van der Waals surface area contributed by atoms with Crippen LogP contribution in [0.25, 0.3) is 11.1 Å². The van der Waals surface area contributed by atoms with Crippen molar-refractivity contribution in [3.05, 3.63) is 63.9 Å². The molecule has 3 aromatic rings. The van der Waals surface area contributed by atoms with E-state index in [2.05, 4.69) is 15.2 Å². The minimum atomic E-state index is -0.655. The summed E-state index contributed by atoms with van der Waals surface area (Å²) in [6.07, 6.45) is 6.60. The van der Waals surface area contributed by atoms with Gasteiger partial charge in [0.2, 0.25) is 5.91 Å². The molecule has 3 atom stereocenters. The number of nitrogens with zero attached hydrogens (tertiary/aromatic N) is 4. The summed E-state index contributed by atoms with van der Waals surface area (Å²) in [4.78, 5) is 63.0. The fraction of sp³-hybridized carbons (Fsp3) is 0.529. The number of para-hydroxylation sites is 1. The summed E-state index contributed by atoms with van der Waals surface area (Å²) in [5.41, 5.74) is 8.54. The Morgan fingerprint density at radius 2 is 1.74 bits per heavy atom. The van der Waals surface area contributed by atoms with Gasteiger partial charge in [-0.3, -0.25) is 9.78 Å². The van der Waals surface area contributed by atoms with Crippen LogP contribution in [0.4, 0.5) is 19.7 Å². The highest BCUT2D eigenvalue weighted by molar-refractivity contribution is 5.92. The second-order valence-corrected chi connectivity index (χ2v) is 13.4. The molecule has 3 saturated heterocycles. The third-order valence-corrected chi connectivity index (χ3v) is 10.7. The maximum Gasteiger partial charge on any atom is 0.417 e. The van der Waals surface area contributed by atoms with E-state index in [1.807, 2.05) is 11.0 Å². The Labute approximate surface area is 272 Å². The third kappa shape index (κ3) is 6.32. The van der Waals surface area contributed by atoms with Crippen LogP contribution in [0.3, 0.4) is 0 Å². The van der Waals surface area contributed by atoms with Crippen molar-refractivity contribution in [2.75, 3.05) is 38.0 Å². The number of fused-ring (bicyclic) bond motifs is 2. The number of aromatic nitrogens is 1. The maximum atomic E-state index is 14.6. The number of carbonyl (C=O) groups is 3. The quantitative estimate of drug-likeness (QED) is 0.370. The molecule has 1 aromatic heterocycles. The molecule has 0 aliphatic carbocycles. The number of anilines is 1. The van der Waals surface area contributed by atoms with Crippen LogP contribution >= 0.6 is 0 Å². The van der Waals surface area contributed by atoms with Crippen LogP contribution in [0.2, 0.25) is 0 Å². The Morgan fingerprint density at radius 3 is 2.51 bits per heavy atom. The van der Waals surface area contributed by atoms with Gasteiger partial charge in [0.15, 0.2) is 5.58 Å². The number of piperidine rings is 3. The van der Waals surface area contributed by atoms with Crippen molar-refractivity contribution in [2.24, 2.45) is 11.7 Å². The lowest BCUT2D eigenvalue weighted by molar-refractivity contribution is -0.140. The molecule has 47 heavy (non-hydrogen) atoms. The summed E-state index contributed by atoms with van der Waals surface area (Å²) in [7, 11) is 0. The summed E-state index contributed by atoms with van der Waals surface area (Å²) in [6, 6.07) is 8.64. The maximum absolute atomic E-state index is 14.6. The van der Waals surface area contributed by atoms with Gasteiger partial charge < -0.3 is 35.1 Å². The van der Waals surface area contributed by atoms with Crippen LogP contribution < -0.4 is 16.8 Å². The average molecular weight is 648 g/mol. The predicted octanol–water partition coefficient (Wildman–Crippen LogP) is 3.86.